The van der Waals surface area contributed by atoms with Crippen LogP contribution in [0.2, 0.25) is 0 Å². The minimum atomic E-state index is -0.578. The fourth-order valence-corrected chi connectivity index (χ4v) is 2.41. The quantitative estimate of drug-likeness (QED) is 0.505. The molecule has 1 fully saturated rings. The molecular formula is C18H21N5O3. The molecule has 3 rings (SSSR count). The van der Waals surface area contributed by atoms with Gasteiger partial charge in [-0.2, -0.15) is 4.98 Å². The van der Waals surface area contributed by atoms with E-state index in [4.69, 9.17) is 10.8 Å². The van der Waals surface area contributed by atoms with E-state index in [0.29, 0.717) is 41.9 Å². The van der Waals surface area contributed by atoms with Crippen LogP contribution in [-0.2, 0) is 0 Å². The van der Waals surface area contributed by atoms with E-state index in [1.165, 1.54) is 6.20 Å². The van der Waals surface area contributed by atoms with Gasteiger partial charge in [0.05, 0.1) is 5.56 Å². The zero-order chi connectivity index (χ0) is 18.5. The summed E-state index contributed by atoms with van der Waals surface area (Å²) >= 11 is 0. The summed E-state index contributed by atoms with van der Waals surface area (Å²) < 4.78 is 0. The maximum atomic E-state index is 11.9. The molecule has 1 saturated carbocycles. The van der Waals surface area contributed by atoms with Gasteiger partial charge in [0, 0.05) is 36.5 Å². The highest BCUT2D eigenvalue weighted by Crippen LogP contribution is 2.26. The molecule has 0 unspecified atom stereocenters. The smallest absolute Gasteiger partial charge is 0.254 e. The Kier molecular flexibility index (Phi) is 5.43. The molecule has 2 aromatic rings. The van der Waals surface area contributed by atoms with Gasteiger partial charge in [-0.1, -0.05) is 0 Å². The highest BCUT2D eigenvalue weighted by Gasteiger charge is 2.24. The number of benzene rings is 1. The molecule has 26 heavy (non-hydrogen) atoms. The number of anilines is 3. The van der Waals surface area contributed by atoms with Gasteiger partial charge in [0.25, 0.3) is 5.91 Å². The number of primary amides is 1. The van der Waals surface area contributed by atoms with Crippen molar-refractivity contribution in [3.63, 3.8) is 0 Å². The van der Waals surface area contributed by atoms with Gasteiger partial charge in [-0.15, -0.1) is 0 Å². The summed E-state index contributed by atoms with van der Waals surface area (Å²) in [6, 6.07) is 7.25. The summed E-state index contributed by atoms with van der Waals surface area (Å²) in [5.41, 5.74) is 6.93. The molecule has 1 amide bonds. The number of ketones is 1. The monoisotopic (exact) mass is 355 g/mol. The number of nitrogens with zero attached hydrogens (tertiary/aromatic N) is 2. The number of rotatable bonds is 9. The van der Waals surface area contributed by atoms with Crippen molar-refractivity contribution in [3.05, 3.63) is 41.6 Å². The van der Waals surface area contributed by atoms with Crippen LogP contribution in [-0.4, -0.2) is 39.4 Å². The molecule has 0 bridgehead atoms. The van der Waals surface area contributed by atoms with E-state index < -0.39 is 5.91 Å². The van der Waals surface area contributed by atoms with Crippen LogP contribution in [0.15, 0.2) is 30.5 Å². The molecule has 1 aliphatic rings. The van der Waals surface area contributed by atoms with Gasteiger partial charge in [-0.3, -0.25) is 9.59 Å². The maximum absolute atomic E-state index is 11.9. The summed E-state index contributed by atoms with van der Waals surface area (Å²) in [5, 5.41) is 15.0. The van der Waals surface area contributed by atoms with Crippen molar-refractivity contribution < 1.29 is 14.7 Å². The van der Waals surface area contributed by atoms with Gasteiger partial charge in [-0.25, -0.2) is 4.98 Å². The third kappa shape index (κ3) is 4.54. The standard InChI is InChI=1S/C18H21N5O3/c19-16(26)14-10-20-18(23-17(14)21-12-7-8-12)22-13-5-3-11(4-6-13)15(25)2-1-9-24/h3-6,10,12,24H,1-2,7-9H2,(H2,19,26)(H2,20,21,22,23). The van der Waals surface area contributed by atoms with E-state index in [9.17, 15) is 9.59 Å². The predicted molar refractivity (Wildman–Crippen MR) is 97.6 cm³/mol. The average Bonchev–Trinajstić information content (AvgIpc) is 3.44. The van der Waals surface area contributed by atoms with Gasteiger partial charge in [-0.05, 0) is 43.5 Å². The van der Waals surface area contributed by atoms with Gasteiger partial charge in [0.2, 0.25) is 5.95 Å². The maximum Gasteiger partial charge on any atom is 0.254 e. The third-order valence-corrected chi connectivity index (χ3v) is 4.00. The second-order valence-electron chi connectivity index (χ2n) is 6.19. The van der Waals surface area contributed by atoms with Crippen LogP contribution in [0.3, 0.4) is 0 Å². The highest BCUT2D eigenvalue weighted by atomic mass is 16.3. The van der Waals surface area contributed by atoms with Crippen LogP contribution in [0, 0.1) is 0 Å². The van der Waals surface area contributed by atoms with Crippen molar-refractivity contribution in [1.29, 1.82) is 0 Å². The van der Waals surface area contributed by atoms with Crippen molar-refractivity contribution >= 4 is 29.1 Å². The van der Waals surface area contributed by atoms with Gasteiger partial charge in [0.1, 0.15) is 5.82 Å². The molecular weight excluding hydrogens is 334 g/mol. The SMILES string of the molecule is NC(=O)c1cnc(Nc2ccc(C(=O)CCCO)cc2)nc1NC1CC1. The van der Waals surface area contributed by atoms with E-state index in [1.54, 1.807) is 24.3 Å². The topological polar surface area (TPSA) is 130 Å². The molecule has 0 radical (unpaired) electrons. The largest absolute Gasteiger partial charge is 0.396 e. The number of amides is 1. The first kappa shape index (κ1) is 17.8. The van der Waals surface area contributed by atoms with Gasteiger partial charge >= 0.3 is 0 Å². The molecule has 0 saturated heterocycles. The van der Waals surface area contributed by atoms with E-state index in [0.717, 1.165) is 12.8 Å². The van der Waals surface area contributed by atoms with E-state index in [1.807, 2.05) is 0 Å². The number of Topliss-reactive ketones (excluding diaryl/α,β-unsaturated/α-hetero) is 1. The number of hydrogen-bond donors (Lipinski definition) is 4. The van der Waals surface area contributed by atoms with Crippen molar-refractivity contribution in [1.82, 2.24) is 9.97 Å². The lowest BCUT2D eigenvalue weighted by atomic mass is 10.1. The molecule has 136 valence electrons. The summed E-state index contributed by atoms with van der Waals surface area (Å²) in [5.74, 6) is 0.167. The van der Waals surface area contributed by atoms with Crippen molar-refractivity contribution in [2.24, 2.45) is 5.73 Å². The van der Waals surface area contributed by atoms with Crippen molar-refractivity contribution in [3.8, 4) is 0 Å². The first-order chi connectivity index (χ1) is 12.6. The van der Waals surface area contributed by atoms with Crippen molar-refractivity contribution in [2.75, 3.05) is 17.2 Å². The number of carbonyl (C=O) groups excluding carboxylic acids is 2. The number of aromatic nitrogens is 2. The molecule has 1 aliphatic carbocycles. The predicted octanol–water partition coefficient (Wildman–Crippen LogP) is 1.85. The molecule has 8 nitrogen and oxygen atoms in total. The number of nitrogens with two attached hydrogens (primary N) is 1. The first-order valence-electron chi connectivity index (χ1n) is 8.51. The van der Waals surface area contributed by atoms with Crippen LogP contribution < -0.4 is 16.4 Å². The number of aliphatic hydroxyl groups excluding tert-OH is 1. The Morgan fingerprint density at radius 2 is 1.96 bits per heavy atom. The minimum Gasteiger partial charge on any atom is -0.396 e. The van der Waals surface area contributed by atoms with Crippen molar-refractivity contribution in [2.45, 2.75) is 31.7 Å². The highest BCUT2D eigenvalue weighted by molar-refractivity contribution is 5.97. The van der Waals surface area contributed by atoms with Gasteiger partial charge < -0.3 is 21.5 Å². The second kappa shape index (κ2) is 7.92. The molecule has 0 atom stereocenters. The minimum absolute atomic E-state index is 0.00123. The lowest BCUT2D eigenvalue weighted by molar-refractivity contribution is 0.0969. The summed E-state index contributed by atoms with van der Waals surface area (Å²) in [7, 11) is 0. The van der Waals surface area contributed by atoms with Crippen LogP contribution in [0.25, 0.3) is 0 Å². The Balaban J connectivity index is 1.71. The lowest BCUT2D eigenvalue weighted by Gasteiger charge is -2.11. The van der Waals surface area contributed by atoms with Crippen LogP contribution >= 0.6 is 0 Å². The molecule has 0 spiro atoms. The lowest BCUT2D eigenvalue weighted by Crippen LogP contribution is -2.17. The van der Waals surface area contributed by atoms with Crippen LogP contribution in [0.4, 0.5) is 17.5 Å². The Labute approximate surface area is 150 Å². The Hall–Kier alpha value is -3.00. The molecule has 0 aliphatic heterocycles. The number of nitrogens with one attached hydrogen (secondary N) is 2. The van der Waals surface area contributed by atoms with Gasteiger partial charge in [0.15, 0.2) is 5.78 Å². The molecule has 8 heteroatoms. The average molecular weight is 355 g/mol. The summed E-state index contributed by atoms with van der Waals surface area (Å²) in [6.07, 6.45) is 4.25. The number of aliphatic hydroxyl groups is 1. The summed E-state index contributed by atoms with van der Waals surface area (Å²) in [6.45, 7) is 0.00123. The zero-order valence-corrected chi connectivity index (χ0v) is 14.2. The normalized spacial score (nSPS) is 13.3. The van der Waals surface area contributed by atoms with E-state index in [2.05, 4.69) is 20.6 Å². The Morgan fingerprint density at radius 1 is 1.23 bits per heavy atom. The fourth-order valence-electron chi connectivity index (χ4n) is 2.41. The zero-order valence-electron chi connectivity index (χ0n) is 14.2. The Bertz CT molecular complexity index is 803. The number of carbonyl (C=O) groups is 2. The fraction of sp³-hybridized carbons (Fsp3) is 0.333. The molecule has 1 heterocycles. The van der Waals surface area contributed by atoms with Crippen LogP contribution in [0.5, 0.6) is 0 Å². The second-order valence-corrected chi connectivity index (χ2v) is 6.19. The first-order valence-corrected chi connectivity index (χ1v) is 8.51. The molecule has 5 N–H and O–H groups in total. The van der Waals surface area contributed by atoms with E-state index >= 15 is 0 Å². The Morgan fingerprint density at radius 3 is 2.58 bits per heavy atom. The van der Waals surface area contributed by atoms with E-state index in [-0.39, 0.29) is 18.0 Å². The third-order valence-electron chi connectivity index (χ3n) is 4.00. The molecule has 1 aromatic heterocycles. The summed E-state index contributed by atoms with van der Waals surface area (Å²) in [4.78, 5) is 31.9. The van der Waals surface area contributed by atoms with Crippen LogP contribution in [0.1, 0.15) is 46.4 Å². The number of hydrogen-bond acceptors (Lipinski definition) is 7. The molecule has 1 aromatic carbocycles.